The summed E-state index contributed by atoms with van der Waals surface area (Å²) in [5, 5.41) is 3.23. The molecule has 4 nitrogen and oxygen atoms in total. The van der Waals surface area contributed by atoms with Gasteiger partial charge in [-0.1, -0.05) is 0 Å². The van der Waals surface area contributed by atoms with Gasteiger partial charge in [-0.15, -0.1) is 11.3 Å². The second-order valence-corrected chi connectivity index (χ2v) is 3.96. The third-order valence-corrected chi connectivity index (χ3v) is 2.89. The molecule has 0 aliphatic carbocycles. The van der Waals surface area contributed by atoms with E-state index in [-0.39, 0.29) is 6.04 Å². The highest BCUT2D eigenvalue weighted by molar-refractivity contribution is 7.09. The lowest BCUT2D eigenvalue weighted by atomic mass is 10.2. The van der Waals surface area contributed by atoms with Gasteiger partial charge in [0.25, 0.3) is 0 Å². The van der Waals surface area contributed by atoms with E-state index in [4.69, 9.17) is 0 Å². The lowest BCUT2D eigenvalue weighted by Gasteiger charge is -2.11. The van der Waals surface area contributed by atoms with Crippen molar-refractivity contribution in [2.75, 3.05) is 7.05 Å². The average Bonchev–Trinajstić information content (AvgIpc) is 2.86. The summed E-state index contributed by atoms with van der Waals surface area (Å²) in [7, 11) is 1.94. The van der Waals surface area contributed by atoms with Crippen LogP contribution >= 0.6 is 11.3 Å². The quantitative estimate of drug-likeness (QED) is 0.798. The molecule has 2 N–H and O–H groups in total. The fourth-order valence-electron chi connectivity index (χ4n) is 1.35. The maximum atomic E-state index is 4.23. The summed E-state index contributed by atoms with van der Waals surface area (Å²) >= 11 is 1.67. The Kier molecular flexibility index (Phi) is 2.90. The van der Waals surface area contributed by atoms with Crippen LogP contribution < -0.4 is 5.32 Å². The normalized spacial score (nSPS) is 12.9. The number of likely N-dealkylation sites (N-methyl/N-ethyl adjacent to an activating group) is 1. The van der Waals surface area contributed by atoms with Crippen LogP contribution in [0.1, 0.15) is 16.7 Å². The highest BCUT2D eigenvalue weighted by atomic mass is 32.1. The zero-order chi connectivity index (χ0) is 9.80. The first-order valence-corrected chi connectivity index (χ1v) is 5.32. The molecule has 2 aromatic rings. The Bertz CT molecular complexity index is 354. The van der Waals surface area contributed by atoms with Crippen molar-refractivity contribution in [1.29, 1.82) is 0 Å². The summed E-state index contributed by atoms with van der Waals surface area (Å²) in [4.78, 5) is 12.7. The van der Waals surface area contributed by atoms with Crippen molar-refractivity contribution < 1.29 is 0 Å². The van der Waals surface area contributed by atoms with Crippen LogP contribution in [-0.4, -0.2) is 22.0 Å². The Hall–Kier alpha value is -1.20. The molecule has 2 aromatic heterocycles. The molecule has 0 bridgehead atoms. The van der Waals surface area contributed by atoms with E-state index in [0.717, 1.165) is 12.2 Å². The number of H-pyrrole nitrogens is 1. The fraction of sp³-hybridized carbons (Fsp3) is 0.333. The second-order valence-electron chi connectivity index (χ2n) is 2.99. The van der Waals surface area contributed by atoms with Gasteiger partial charge >= 0.3 is 0 Å². The summed E-state index contributed by atoms with van der Waals surface area (Å²) in [6, 6.07) is 0.241. The van der Waals surface area contributed by atoms with Gasteiger partial charge in [0.2, 0.25) is 0 Å². The van der Waals surface area contributed by atoms with E-state index in [1.165, 1.54) is 4.88 Å². The molecule has 74 valence electrons. The van der Waals surface area contributed by atoms with Crippen molar-refractivity contribution in [2.45, 2.75) is 12.5 Å². The minimum absolute atomic E-state index is 0.241. The van der Waals surface area contributed by atoms with E-state index in [9.17, 15) is 0 Å². The van der Waals surface area contributed by atoms with Gasteiger partial charge in [0.15, 0.2) is 0 Å². The van der Waals surface area contributed by atoms with Crippen LogP contribution in [-0.2, 0) is 6.42 Å². The molecule has 2 heterocycles. The van der Waals surface area contributed by atoms with Gasteiger partial charge in [0, 0.05) is 29.9 Å². The van der Waals surface area contributed by atoms with Crippen LogP contribution in [0.25, 0.3) is 0 Å². The predicted molar refractivity (Wildman–Crippen MR) is 56.2 cm³/mol. The number of imidazole rings is 1. The van der Waals surface area contributed by atoms with Crippen LogP contribution in [0.5, 0.6) is 0 Å². The Morgan fingerprint density at radius 3 is 3.14 bits per heavy atom. The van der Waals surface area contributed by atoms with Crippen molar-refractivity contribution in [1.82, 2.24) is 20.3 Å². The van der Waals surface area contributed by atoms with Crippen molar-refractivity contribution in [2.24, 2.45) is 0 Å². The highest BCUT2D eigenvalue weighted by Crippen LogP contribution is 2.16. The first-order valence-electron chi connectivity index (χ1n) is 4.44. The smallest absolute Gasteiger partial charge is 0.123 e. The van der Waals surface area contributed by atoms with E-state index in [2.05, 4.69) is 20.3 Å². The monoisotopic (exact) mass is 208 g/mol. The zero-order valence-corrected chi connectivity index (χ0v) is 8.71. The number of aromatic nitrogens is 3. The maximum absolute atomic E-state index is 4.23. The minimum atomic E-state index is 0.241. The highest BCUT2D eigenvalue weighted by Gasteiger charge is 2.12. The molecule has 0 radical (unpaired) electrons. The standard InChI is InChI=1S/C9H12N4S/c1-10-8(9-12-2-3-13-9)4-7-5-11-6-14-7/h2-3,5-6,8,10H,4H2,1H3,(H,12,13). The van der Waals surface area contributed by atoms with Crippen LogP contribution in [0.2, 0.25) is 0 Å². The molecule has 0 aliphatic rings. The fourth-order valence-corrected chi connectivity index (χ4v) is 1.99. The van der Waals surface area contributed by atoms with Crippen molar-refractivity contribution in [3.05, 3.63) is 34.8 Å². The van der Waals surface area contributed by atoms with Crippen molar-refractivity contribution in [3.8, 4) is 0 Å². The molecule has 5 heteroatoms. The maximum Gasteiger partial charge on any atom is 0.123 e. The van der Waals surface area contributed by atoms with Gasteiger partial charge < -0.3 is 10.3 Å². The van der Waals surface area contributed by atoms with Gasteiger partial charge in [-0.3, -0.25) is 4.98 Å². The van der Waals surface area contributed by atoms with Gasteiger partial charge in [0.05, 0.1) is 11.6 Å². The predicted octanol–water partition coefficient (Wildman–Crippen LogP) is 1.37. The van der Waals surface area contributed by atoms with Crippen LogP contribution in [0, 0.1) is 0 Å². The summed E-state index contributed by atoms with van der Waals surface area (Å²) in [6.07, 6.45) is 6.44. The lowest BCUT2D eigenvalue weighted by Crippen LogP contribution is -2.19. The molecule has 0 saturated heterocycles. The van der Waals surface area contributed by atoms with E-state index in [0.29, 0.717) is 0 Å². The Morgan fingerprint density at radius 2 is 2.57 bits per heavy atom. The van der Waals surface area contributed by atoms with E-state index < -0.39 is 0 Å². The molecule has 0 spiro atoms. The van der Waals surface area contributed by atoms with E-state index >= 15 is 0 Å². The topological polar surface area (TPSA) is 53.6 Å². The summed E-state index contributed by atoms with van der Waals surface area (Å²) in [5.41, 5.74) is 1.85. The number of thiazole rings is 1. The molecule has 0 amide bonds. The molecule has 1 unspecified atom stereocenters. The zero-order valence-electron chi connectivity index (χ0n) is 7.90. The molecule has 1 atom stereocenters. The summed E-state index contributed by atoms with van der Waals surface area (Å²) < 4.78 is 0. The molecule has 14 heavy (non-hydrogen) atoms. The molecular weight excluding hydrogens is 196 g/mol. The number of hydrogen-bond donors (Lipinski definition) is 2. The largest absolute Gasteiger partial charge is 0.347 e. The second kappa shape index (κ2) is 4.34. The van der Waals surface area contributed by atoms with Gasteiger partial charge in [0.1, 0.15) is 5.82 Å². The summed E-state index contributed by atoms with van der Waals surface area (Å²) in [5.74, 6) is 0.973. The Balaban J connectivity index is 2.08. The number of rotatable bonds is 4. The van der Waals surface area contributed by atoms with Crippen molar-refractivity contribution >= 4 is 11.3 Å². The third kappa shape index (κ3) is 2.00. The van der Waals surface area contributed by atoms with Gasteiger partial charge in [-0.05, 0) is 7.05 Å². The van der Waals surface area contributed by atoms with Gasteiger partial charge in [-0.25, -0.2) is 4.98 Å². The molecule has 2 rings (SSSR count). The Morgan fingerprint density at radius 1 is 1.64 bits per heavy atom. The number of nitrogens with one attached hydrogen (secondary N) is 2. The number of nitrogens with zero attached hydrogens (tertiary/aromatic N) is 2. The van der Waals surface area contributed by atoms with Crippen molar-refractivity contribution in [3.63, 3.8) is 0 Å². The number of hydrogen-bond acceptors (Lipinski definition) is 4. The summed E-state index contributed by atoms with van der Waals surface area (Å²) in [6.45, 7) is 0. The van der Waals surface area contributed by atoms with Gasteiger partial charge in [-0.2, -0.15) is 0 Å². The van der Waals surface area contributed by atoms with Crippen LogP contribution in [0.15, 0.2) is 24.1 Å². The van der Waals surface area contributed by atoms with Crippen LogP contribution in [0.4, 0.5) is 0 Å². The molecule has 0 saturated carbocycles. The molecule has 0 aliphatic heterocycles. The third-order valence-electron chi connectivity index (χ3n) is 2.09. The SMILES string of the molecule is CNC(Cc1cncs1)c1ncc[nH]1. The van der Waals surface area contributed by atoms with Crippen LogP contribution in [0.3, 0.4) is 0 Å². The van der Waals surface area contributed by atoms with E-state index in [1.54, 1.807) is 17.5 Å². The first-order chi connectivity index (χ1) is 6.90. The molecule has 0 aromatic carbocycles. The minimum Gasteiger partial charge on any atom is -0.347 e. The average molecular weight is 208 g/mol. The molecule has 0 fully saturated rings. The number of aromatic amines is 1. The first kappa shape index (κ1) is 9.36. The van der Waals surface area contributed by atoms with E-state index in [1.807, 2.05) is 25.0 Å². The lowest BCUT2D eigenvalue weighted by molar-refractivity contribution is 0.567. The molecular formula is C9H12N4S. The Labute approximate surface area is 86.4 Å².